The highest BCUT2D eigenvalue weighted by atomic mass is 16.5. The third-order valence-electron chi connectivity index (χ3n) is 10.0. The molecule has 0 amide bonds. The van der Waals surface area contributed by atoms with Crippen molar-refractivity contribution in [2.24, 2.45) is 22.9 Å². The first kappa shape index (κ1) is 44.3. The summed E-state index contributed by atoms with van der Waals surface area (Å²) in [5.74, 6) is 1.70. The van der Waals surface area contributed by atoms with E-state index in [2.05, 4.69) is 21.3 Å². The van der Waals surface area contributed by atoms with Gasteiger partial charge in [-0.1, -0.05) is 100 Å². The number of benzene rings is 4. The van der Waals surface area contributed by atoms with Crippen molar-refractivity contribution in [3.63, 3.8) is 0 Å². The van der Waals surface area contributed by atoms with Crippen LogP contribution >= 0.6 is 0 Å². The highest BCUT2D eigenvalue weighted by molar-refractivity contribution is 5.75. The quantitative estimate of drug-likeness (QED) is 0.0365. The Labute approximate surface area is 352 Å². The zero-order valence-electron chi connectivity index (χ0n) is 34.8. The SMILES string of the molecule is CCC(NC(=N)N)Oc1c2cccc1Cc1cccc(c1OC(CC)NC(=N)N)Cc1cccc(c1OC(CC)NC(=N)N)Cc1cccc(c1OC(CC)NC(=N)N)C2. The number of nitrogens with two attached hydrogens (primary N) is 4. The predicted octanol–water partition coefficient (Wildman–Crippen LogP) is 4.76. The molecule has 0 aliphatic heterocycles. The zero-order chi connectivity index (χ0) is 43.3. The molecule has 16 N–H and O–H groups in total. The Morgan fingerprint density at radius 3 is 0.700 bits per heavy atom. The molecule has 4 unspecified atom stereocenters. The van der Waals surface area contributed by atoms with Crippen LogP contribution in [-0.2, 0) is 25.7 Å². The van der Waals surface area contributed by atoms with Gasteiger partial charge in [-0.15, -0.1) is 0 Å². The molecule has 0 saturated heterocycles. The van der Waals surface area contributed by atoms with Gasteiger partial charge in [-0.25, -0.2) is 0 Å². The van der Waals surface area contributed by atoms with Gasteiger partial charge in [0, 0.05) is 51.4 Å². The fourth-order valence-electron chi connectivity index (χ4n) is 7.21. The molecule has 0 heterocycles. The summed E-state index contributed by atoms with van der Waals surface area (Å²) in [7, 11) is 0. The monoisotopic (exact) mass is 820 g/mol. The van der Waals surface area contributed by atoms with Crippen molar-refractivity contribution in [1.82, 2.24) is 21.3 Å². The summed E-state index contributed by atoms with van der Waals surface area (Å²) in [6.07, 6.45) is 1.28. The molecule has 1 aliphatic carbocycles. The second-order valence-electron chi connectivity index (χ2n) is 14.6. The molecule has 320 valence electrons. The summed E-state index contributed by atoms with van der Waals surface area (Å²) in [5, 5.41) is 43.8. The Morgan fingerprint density at radius 2 is 0.567 bits per heavy atom. The van der Waals surface area contributed by atoms with E-state index in [1.807, 2.05) is 100 Å². The van der Waals surface area contributed by atoms with E-state index >= 15 is 0 Å². The van der Waals surface area contributed by atoms with Crippen molar-refractivity contribution in [1.29, 1.82) is 21.6 Å². The lowest BCUT2D eigenvalue weighted by molar-refractivity contribution is 0.175. The van der Waals surface area contributed by atoms with Gasteiger partial charge in [-0.2, -0.15) is 0 Å². The standard InChI is InChI=1S/C44H60N12O4/c1-5-33(53-41(45)46)57-37-25-13-9-14-26(37)22-28-16-11-18-30(39(28)59-35(7-3)55-43(49)50)24-32-20-12-19-31(40(32)60-36(8-4)56-44(51)52)23-29-17-10-15-27(21-25)38(29)58-34(6-2)54-42(47)48/h9-20,33-36H,5-8,21-24H2,1-4H3,(H4,45,46,53)(H4,47,48,54)(H4,49,50,55)(H4,51,52,56). The normalized spacial score (nSPS) is 13.9. The van der Waals surface area contributed by atoms with E-state index in [1.54, 1.807) is 0 Å². The number of hydrogen-bond donors (Lipinski definition) is 12. The predicted molar refractivity (Wildman–Crippen MR) is 236 cm³/mol. The second kappa shape index (κ2) is 20.7. The van der Waals surface area contributed by atoms with Crippen LogP contribution in [0.25, 0.3) is 0 Å². The van der Waals surface area contributed by atoms with E-state index in [0.29, 0.717) is 74.4 Å². The van der Waals surface area contributed by atoms with Crippen molar-refractivity contribution >= 4 is 23.8 Å². The molecule has 1 aliphatic rings. The Hall–Kier alpha value is -6.84. The van der Waals surface area contributed by atoms with E-state index in [1.165, 1.54) is 0 Å². The van der Waals surface area contributed by atoms with Crippen molar-refractivity contribution in [2.75, 3.05) is 0 Å². The molecular weight excluding hydrogens is 761 g/mol. The summed E-state index contributed by atoms with van der Waals surface area (Å²) >= 11 is 0. The molecule has 5 rings (SSSR count). The Morgan fingerprint density at radius 1 is 0.400 bits per heavy atom. The van der Waals surface area contributed by atoms with Gasteiger partial charge in [-0.05, 0) is 44.5 Å². The minimum atomic E-state index is -0.599. The number of para-hydroxylation sites is 4. The second-order valence-corrected chi connectivity index (χ2v) is 14.6. The molecule has 0 fully saturated rings. The molecule has 4 atom stereocenters. The minimum absolute atomic E-state index is 0.205. The van der Waals surface area contributed by atoms with Crippen LogP contribution in [0.15, 0.2) is 72.8 Å². The number of guanidine groups is 4. The number of nitrogens with one attached hydrogen (secondary N) is 8. The van der Waals surface area contributed by atoms with E-state index in [-0.39, 0.29) is 23.8 Å². The summed E-state index contributed by atoms with van der Waals surface area (Å²) in [4.78, 5) is 0. The summed E-state index contributed by atoms with van der Waals surface area (Å²) in [5.41, 5.74) is 30.2. The molecular formula is C44H60N12O4. The average Bonchev–Trinajstić information content (AvgIpc) is 3.19. The average molecular weight is 821 g/mol. The lowest BCUT2D eigenvalue weighted by Gasteiger charge is -2.27. The van der Waals surface area contributed by atoms with Gasteiger partial charge < -0.3 is 63.1 Å². The van der Waals surface area contributed by atoms with Gasteiger partial charge in [0.05, 0.1) is 0 Å². The van der Waals surface area contributed by atoms with Crippen LogP contribution in [0.1, 0.15) is 97.9 Å². The lowest BCUT2D eigenvalue weighted by atomic mass is 9.91. The fraction of sp³-hybridized carbons (Fsp3) is 0.364. The molecule has 0 radical (unpaired) electrons. The minimum Gasteiger partial charge on any atom is -0.470 e. The van der Waals surface area contributed by atoms with E-state index < -0.39 is 24.9 Å². The largest absolute Gasteiger partial charge is 0.470 e. The van der Waals surface area contributed by atoms with Gasteiger partial charge in [0.25, 0.3) is 0 Å². The van der Waals surface area contributed by atoms with Crippen molar-refractivity contribution in [2.45, 2.75) is 104 Å². The van der Waals surface area contributed by atoms with Crippen LogP contribution in [-0.4, -0.2) is 48.7 Å². The van der Waals surface area contributed by atoms with Crippen molar-refractivity contribution in [3.8, 4) is 23.0 Å². The maximum atomic E-state index is 7.99. The summed E-state index contributed by atoms with van der Waals surface area (Å²) < 4.78 is 27.1. The Kier molecular flexibility index (Phi) is 15.3. The number of ether oxygens (including phenoxy) is 4. The van der Waals surface area contributed by atoms with Crippen LogP contribution in [0.2, 0.25) is 0 Å². The van der Waals surface area contributed by atoms with E-state index in [4.69, 9.17) is 63.5 Å². The van der Waals surface area contributed by atoms with Crippen LogP contribution in [0.4, 0.5) is 0 Å². The molecule has 4 aromatic rings. The number of hydrogen-bond acceptors (Lipinski definition) is 8. The third-order valence-corrected chi connectivity index (χ3v) is 10.0. The molecule has 60 heavy (non-hydrogen) atoms. The molecule has 0 saturated carbocycles. The Bertz CT molecular complexity index is 1780. The molecule has 16 heteroatoms. The highest BCUT2D eigenvalue weighted by Gasteiger charge is 2.25. The third kappa shape index (κ3) is 11.6. The van der Waals surface area contributed by atoms with Gasteiger partial charge in [0.2, 0.25) is 0 Å². The topological polar surface area (TPSA) is 285 Å². The van der Waals surface area contributed by atoms with Gasteiger partial charge in [0.1, 0.15) is 23.0 Å². The molecule has 0 aromatic heterocycles. The van der Waals surface area contributed by atoms with E-state index in [9.17, 15) is 0 Å². The van der Waals surface area contributed by atoms with Crippen molar-refractivity contribution < 1.29 is 18.9 Å². The van der Waals surface area contributed by atoms with Crippen LogP contribution in [0.3, 0.4) is 0 Å². The fourth-order valence-corrected chi connectivity index (χ4v) is 7.21. The van der Waals surface area contributed by atoms with Crippen LogP contribution < -0.4 is 63.1 Å². The first-order valence-electron chi connectivity index (χ1n) is 20.3. The number of fused-ring (bicyclic) bond motifs is 8. The van der Waals surface area contributed by atoms with Crippen LogP contribution in [0, 0.1) is 21.6 Å². The first-order chi connectivity index (χ1) is 28.8. The lowest BCUT2D eigenvalue weighted by Crippen LogP contribution is -2.42. The number of rotatable bonds is 16. The summed E-state index contributed by atoms with van der Waals surface area (Å²) in [6, 6.07) is 24.1. The maximum Gasteiger partial charge on any atom is 0.188 e. The highest BCUT2D eigenvalue weighted by Crippen LogP contribution is 2.40. The van der Waals surface area contributed by atoms with E-state index in [0.717, 1.165) is 44.5 Å². The van der Waals surface area contributed by atoms with Gasteiger partial charge in [-0.3, -0.25) is 21.6 Å². The molecule has 4 aromatic carbocycles. The molecule has 0 spiro atoms. The van der Waals surface area contributed by atoms with Gasteiger partial charge in [0.15, 0.2) is 48.7 Å². The molecule has 16 nitrogen and oxygen atoms in total. The smallest absolute Gasteiger partial charge is 0.188 e. The zero-order valence-corrected chi connectivity index (χ0v) is 34.8. The van der Waals surface area contributed by atoms with Crippen LogP contribution in [0.5, 0.6) is 23.0 Å². The van der Waals surface area contributed by atoms with Gasteiger partial charge >= 0.3 is 0 Å². The summed E-state index contributed by atoms with van der Waals surface area (Å²) in [6.45, 7) is 7.82. The Balaban J connectivity index is 1.81. The van der Waals surface area contributed by atoms with Crippen molar-refractivity contribution in [3.05, 3.63) is 117 Å². The first-order valence-corrected chi connectivity index (χ1v) is 20.3. The maximum absolute atomic E-state index is 7.99. The molecule has 8 bridgehead atoms.